The monoisotopic (exact) mass is 262 g/mol. The maximum Gasteiger partial charge on any atom is 0.354 e. The fraction of sp³-hybridized carbons (Fsp3) is 0.0909. The number of aromatic nitrogens is 3. The van der Waals surface area contributed by atoms with Crippen molar-refractivity contribution in [2.24, 2.45) is 0 Å². The first-order chi connectivity index (χ1) is 8.97. The first kappa shape index (κ1) is 12.6. The zero-order valence-corrected chi connectivity index (χ0v) is 9.85. The number of nitrogens with one attached hydrogen (secondary N) is 3. The van der Waals surface area contributed by atoms with E-state index in [1.54, 1.807) is 6.92 Å². The molecule has 0 aromatic carbocycles. The van der Waals surface area contributed by atoms with Crippen molar-refractivity contribution in [3.8, 4) is 0 Å². The summed E-state index contributed by atoms with van der Waals surface area (Å²) in [5, 5.41) is 11.4. The Morgan fingerprint density at radius 1 is 1.42 bits per heavy atom. The molecule has 2 aromatic rings. The lowest BCUT2D eigenvalue weighted by molar-refractivity contribution is 0.0692. The van der Waals surface area contributed by atoms with Gasteiger partial charge in [-0.1, -0.05) is 0 Å². The molecule has 19 heavy (non-hydrogen) atoms. The average Bonchev–Trinajstić information content (AvgIpc) is 2.71. The van der Waals surface area contributed by atoms with Crippen LogP contribution in [0.4, 0.5) is 5.69 Å². The molecule has 8 nitrogen and oxygen atoms in total. The van der Waals surface area contributed by atoms with Crippen molar-refractivity contribution in [2.45, 2.75) is 6.92 Å². The molecular formula is C11H10N4O4. The predicted molar refractivity (Wildman–Crippen MR) is 65.3 cm³/mol. The number of hydrogen-bond donors (Lipinski definition) is 4. The maximum absolute atomic E-state index is 11.8. The quantitative estimate of drug-likeness (QED) is 0.634. The second kappa shape index (κ2) is 4.77. The Balaban J connectivity index is 2.26. The van der Waals surface area contributed by atoms with Gasteiger partial charge in [-0.15, -0.1) is 0 Å². The number of aromatic carboxylic acids is 1. The summed E-state index contributed by atoms with van der Waals surface area (Å²) in [6.45, 7) is 1.67. The van der Waals surface area contributed by atoms with Gasteiger partial charge in [0.2, 0.25) is 0 Å². The number of carboxylic acids is 1. The van der Waals surface area contributed by atoms with Gasteiger partial charge in [-0.2, -0.15) is 0 Å². The van der Waals surface area contributed by atoms with Gasteiger partial charge in [-0.05, 0) is 13.0 Å². The number of carbonyl (C=O) groups is 2. The van der Waals surface area contributed by atoms with Crippen LogP contribution in [0.2, 0.25) is 0 Å². The number of rotatable bonds is 3. The van der Waals surface area contributed by atoms with Crippen molar-refractivity contribution < 1.29 is 14.7 Å². The minimum atomic E-state index is -1.18. The number of aromatic amines is 2. The number of nitrogens with zero attached hydrogens (tertiary/aromatic N) is 1. The Hall–Kier alpha value is -2.90. The van der Waals surface area contributed by atoms with Crippen molar-refractivity contribution in [3.05, 3.63) is 45.9 Å². The summed E-state index contributed by atoms with van der Waals surface area (Å²) >= 11 is 0. The van der Waals surface area contributed by atoms with Crippen LogP contribution < -0.4 is 10.9 Å². The minimum Gasteiger partial charge on any atom is -0.477 e. The number of hydrogen-bond acceptors (Lipinski definition) is 4. The summed E-state index contributed by atoms with van der Waals surface area (Å²) in [6.07, 6.45) is 2.12. The van der Waals surface area contributed by atoms with E-state index in [-0.39, 0.29) is 17.1 Å². The number of H-pyrrole nitrogens is 2. The van der Waals surface area contributed by atoms with Crippen LogP contribution in [0.3, 0.4) is 0 Å². The molecule has 0 radical (unpaired) electrons. The summed E-state index contributed by atoms with van der Waals surface area (Å²) < 4.78 is 0. The van der Waals surface area contributed by atoms with E-state index in [1.807, 2.05) is 0 Å². The van der Waals surface area contributed by atoms with Crippen molar-refractivity contribution in [3.63, 3.8) is 0 Å². The number of aryl methyl sites for hydroxylation is 1. The van der Waals surface area contributed by atoms with E-state index in [4.69, 9.17) is 5.11 Å². The normalized spacial score (nSPS) is 10.2. The molecule has 1 amide bonds. The van der Waals surface area contributed by atoms with E-state index in [0.29, 0.717) is 5.69 Å². The van der Waals surface area contributed by atoms with Crippen molar-refractivity contribution in [1.29, 1.82) is 0 Å². The first-order valence-corrected chi connectivity index (χ1v) is 5.26. The zero-order valence-electron chi connectivity index (χ0n) is 9.85. The van der Waals surface area contributed by atoms with E-state index in [1.165, 1.54) is 6.07 Å². The average molecular weight is 262 g/mol. The Labute approximate surface area is 106 Å². The first-order valence-electron chi connectivity index (χ1n) is 5.26. The molecule has 0 aliphatic heterocycles. The number of carboxylic acid groups (broad SMARTS) is 1. The Kier molecular flexibility index (Phi) is 3.15. The number of carbonyl (C=O) groups excluding carboxylic acids is 1. The minimum absolute atomic E-state index is 0.0187. The van der Waals surface area contributed by atoms with Crippen LogP contribution in [0.5, 0.6) is 0 Å². The summed E-state index contributed by atoms with van der Waals surface area (Å²) in [7, 11) is 0. The lowest BCUT2D eigenvalue weighted by Gasteiger charge is -2.03. The zero-order chi connectivity index (χ0) is 14.0. The summed E-state index contributed by atoms with van der Waals surface area (Å²) in [5.41, 5.74) is 0.176. The molecule has 8 heteroatoms. The van der Waals surface area contributed by atoms with Crippen molar-refractivity contribution in [2.75, 3.05) is 5.32 Å². The van der Waals surface area contributed by atoms with Gasteiger partial charge in [-0.3, -0.25) is 9.59 Å². The van der Waals surface area contributed by atoms with Crippen LogP contribution in [0, 0.1) is 6.92 Å². The highest BCUT2D eigenvalue weighted by molar-refractivity contribution is 6.06. The van der Waals surface area contributed by atoms with Gasteiger partial charge in [0.15, 0.2) is 0 Å². The van der Waals surface area contributed by atoms with Crippen LogP contribution in [0.15, 0.2) is 23.3 Å². The lowest BCUT2D eigenvalue weighted by Crippen LogP contribution is -2.18. The summed E-state index contributed by atoms with van der Waals surface area (Å²) in [4.78, 5) is 42.1. The smallest absolute Gasteiger partial charge is 0.354 e. The summed E-state index contributed by atoms with van der Waals surface area (Å²) in [6, 6.07) is 1.49. The highest BCUT2D eigenvalue weighted by Crippen LogP contribution is 2.17. The van der Waals surface area contributed by atoms with Gasteiger partial charge in [0.05, 0.1) is 11.9 Å². The Morgan fingerprint density at radius 3 is 2.74 bits per heavy atom. The van der Waals surface area contributed by atoms with E-state index in [0.717, 1.165) is 12.4 Å². The van der Waals surface area contributed by atoms with Gasteiger partial charge in [0.25, 0.3) is 11.5 Å². The third-order valence-electron chi connectivity index (χ3n) is 2.32. The topological polar surface area (TPSA) is 128 Å². The summed E-state index contributed by atoms with van der Waals surface area (Å²) in [5.74, 6) is -1.80. The molecule has 0 aliphatic rings. The standard InChI is InChI=1S/C11H10N4O4/c1-5-2-6(9(14-5)11(18)19)15-10(17)7-3-13-8(16)4-12-7/h2-4,14H,1H3,(H,13,16)(H,15,17)(H,18,19). The number of amides is 1. The van der Waals surface area contributed by atoms with Crippen LogP contribution >= 0.6 is 0 Å². The van der Waals surface area contributed by atoms with Gasteiger partial charge >= 0.3 is 5.97 Å². The van der Waals surface area contributed by atoms with Crippen LogP contribution in [-0.4, -0.2) is 31.9 Å². The molecular weight excluding hydrogens is 252 g/mol. The maximum atomic E-state index is 11.8. The van der Waals surface area contributed by atoms with Gasteiger partial charge in [0, 0.05) is 11.9 Å². The van der Waals surface area contributed by atoms with Gasteiger partial charge in [-0.25, -0.2) is 9.78 Å². The van der Waals surface area contributed by atoms with Gasteiger partial charge in [0.1, 0.15) is 11.4 Å². The van der Waals surface area contributed by atoms with Crippen molar-refractivity contribution in [1.82, 2.24) is 15.0 Å². The Bertz CT molecular complexity index is 680. The highest BCUT2D eigenvalue weighted by Gasteiger charge is 2.16. The van der Waals surface area contributed by atoms with Gasteiger partial charge < -0.3 is 20.4 Å². The Morgan fingerprint density at radius 2 is 2.16 bits per heavy atom. The highest BCUT2D eigenvalue weighted by atomic mass is 16.4. The molecule has 2 heterocycles. The third-order valence-corrected chi connectivity index (χ3v) is 2.32. The molecule has 0 aliphatic carbocycles. The molecule has 2 aromatic heterocycles. The molecule has 4 N–H and O–H groups in total. The molecule has 0 saturated heterocycles. The lowest BCUT2D eigenvalue weighted by atomic mass is 10.3. The van der Waals surface area contributed by atoms with E-state index in [2.05, 4.69) is 20.3 Å². The molecule has 0 saturated carbocycles. The molecule has 98 valence electrons. The van der Waals surface area contributed by atoms with E-state index in [9.17, 15) is 14.4 Å². The molecule has 0 unspecified atom stereocenters. The molecule has 0 spiro atoms. The number of anilines is 1. The second-order valence-corrected chi connectivity index (χ2v) is 3.80. The van der Waals surface area contributed by atoms with E-state index >= 15 is 0 Å². The van der Waals surface area contributed by atoms with Crippen LogP contribution in [-0.2, 0) is 0 Å². The third kappa shape index (κ3) is 2.68. The molecule has 2 rings (SSSR count). The van der Waals surface area contributed by atoms with Crippen LogP contribution in [0.1, 0.15) is 26.7 Å². The fourth-order valence-electron chi connectivity index (χ4n) is 1.51. The molecule has 0 atom stereocenters. The van der Waals surface area contributed by atoms with Crippen LogP contribution in [0.25, 0.3) is 0 Å². The fourth-order valence-corrected chi connectivity index (χ4v) is 1.51. The predicted octanol–water partition coefficient (Wildman–Crippen LogP) is 0.357. The van der Waals surface area contributed by atoms with E-state index < -0.39 is 17.4 Å². The second-order valence-electron chi connectivity index (χ2n) is 3.80. The SMILES string of the molecule is Cc1cc(NC(=O)c2c[nH]c(=O)cn2)c(C(=O)O)[nH]1. The molecule has 0 bridgehead atoms. The largest absolute Gasteiger partial charge is 0.477 e. The molecule has 0 fully saturated rings. The van der Waals surface area contributed by atoms with Crippen molar-refractivity contribution >= 4 is 17.6 Å².